The first-order chi connectivity index (χ1) is 12.0. The fourth-order valence-electron chi connectivity index (χ4n) is 2.00. The van der Waals surface area contributed by atoms with Gasteiger partial charge in [-0.1, -0.05) is 12.2 Å². The van der Waals surface area contributed by atoms with Crippen LogP contribution in [0.5, 0.6) is 5.75 Å². The Hall–Kier alpha value is -3.02. The Morgan fingerprint density at radius 2 is 1.84 bits per heavy atom. The van der Waals surface area contributed by atoms with Crippen molar-refractivity contribution in [1.29, 1.82) is 5.26 Å². The Bertz CT molecular complexity index is 960. The van der Waals surface area contributed by atoms with Crippen LogP contribution in [-0.2, 0) is 0 Å². The van der Waals surface area contributed by atoms with Crippen LogP contribution in [0.4, 0.5) is 16.2 Å². The van der Waals surface area contributed by atoms with E-state index in [-0.39, 0.29) is 11.0 Å². The van der Waals surface area contributed by atoms with Crippen LogP contribution in [0.3, 0.4) is 0 Å². The Labute approximate surface area is 152 Å². The smallest absolute Gasteiger partial charge is 0.289 e. The first-order valence-corrected chi connectivity index (χ1v) is 8.27. The van der Waals surface area contributed by atoms with E-state index in [1.54, 1.807) is 42.5 Å². The number of hydrogen-bond donors (Lipinski definition) is 2. The molecule has 0 radical (unpaired) electrons. The number of carbonyl (C=O) groups is 1. The topological polar surface area (TPSA) is 97.8 Å². The molecule has 3 rings (SSSR count). The summed E-state index contributed by atoms with van der Waals surface area (Å²) >= 11 is 6.04. The summed E-state index contributed by atoms with van der Waals surface area (Å²) in [5, 5.41) is 29.3. The van der Waals surface area contributed by atoms with E-state index in [2.05, 4.69) is 15.5 Å². The number of benzene rings is 2. The van der Waals surface area contributed by atoms with Gasteiger partial charge in [-0.05, 0) is 60.3 Å². The molecule has 2 aromatic carbocycles. The van der Waals surface area contributed by atoms with E-state index in [1.165, 1.54) is 6.07 Å². The van der Waals surface area contributed by atoms with Crippen LogP contribution < -0.4 is 5.32 Å². The van der Waals surface area contributed by atoms with E-state index in [1.807, 2.05) is 6.07 Å². The molecule has 2 N–H and O–H groups in total. The molecule has 0 saturated carbocycles. The van der Waals surface area contributed by atoms with Gasteiger partial charge in [0.05, 0.1) is 27.9 Å². The number of phenols is 1. The van der Waals surface area contributed by atoms with Crippen molar-refractivity contribution in [3.8, 4) is 11.8 Å². The van der Waals surface area contributed by atoms with Gasteiger partial charge in [-0.25, -0.2) is 0 Å². The van der Waals surface area contributed by atoms with Gasteiger partial charge in [-0.15, -0.1) is 0 Å². The summed E-state index contributed by atoms with van der Waals surface area (Å²) in [5.74, 6) is 0.0487. The largest absolute Gasteiger partial charge is 0.507 e. The van der Waals surface area contributed by atoms with Crippen molar-refractivity contribution in [1.82, 2.24) is 5.32 Å². The molecule has 6 nitrogen and oxygen atoms in total. The highest BCUT2D eigenvalue weighted by Gasteiger charge is 2.21. The molecule has 2 aromatic rings. The molecule has 1 fully saturated rings. The predicted molar refractivity (Wildman–Crippen MR) is 100 cm³/mol. The van der Waals surface area contributed by atoms with Gasteiger partial charge in [-0.2, -0.15) is 15.5 Å². The van der Waals surface area contributed by atoms with Crippen molar-refractivity contribution in [3.63, 3.8) is 0 Å². The lowest BCUT2D eigenvalue weighted by Gasteiger charge is -2.02. The molecule has 0 bridgehead atoms. The lowest BCUT2D eigenvalue weighted by Crippen LogP contribution is -2.15. The van der Waals surface area contributed by atoms with Gasteiger partial charge in [0.25, 0.3) is 5.24 Å². The molecular weight excluding hydrogens is 356 g/mol. The van der Waals surface area contributed by atoms with E-state index in [0.29, 0.717) is 32.4 Å². The number of azo groups is 1. The van der Waals surface area contributed by atoms with Gasteiger partial charge in [0.1, 0.15) is 10.7 Å². The molecule has 1 aliphatic rings. The van der Waals surface area contributed by atoms with Crippen LogP contribution in [0.1, 0.15) is 11.1 Å². The molecule has 0 unspecified atom stereocenters. The van der Waals surface area contributed by atoms with Crippen LogP contribution >= 0.6 is 24.0 Å². The molecule has 0 atom stereocenters. The number of thiocarbonyl (C=S) groups is 1. The molecule has 1 heterocycles. The second-order valence-electron chi connectivity index (χ2n) is 4.95. The molecule has 0 spiro atoms. The second-order valence-corrected chi connectivity index (χ2v) is 6.38. The summed E-state index contributed by atoms with van der Waals surface area (Å²) in [6.45, 7) is 0. The molecule has 1 amide bonds. The maximum Gasteiger partial charge on any atom is 0.289 e. The fraction of sp³-hybridized carbons (Fsp3) is 0. The van der Waals surface area contributed by atoms with Crippen molar-refractivity contribution < 1.29 is 9.90 Å². The van der Waals surface area contributed by atoms with Crippen LogP contribution in [-0.4, -0.2) is 15.3 Å². The number of thioether (sulfide) groups is 1. The van der Waals surface area contributed by atoms with Gasteiger partial charge in [0.15, 0.2) is 0 Å². The maximum atomic E-state index is 11.3. The SMILES string of the molecule is N#Cc1ccc(N=Nc2ccc(O)c(/C=C3\SC(=O)NC3=S)c2)cc1. The highest BCUT2D eigenvalue weighted by atomic mass is 32.2. The third-order valence-electron chi connectivity index (χ3n) is 3.22. The van der Waals surface area contributed by atoms with Crippen LogP contribution in [0.25, 0.3) is 6.08 Å². The number of carbonyl (C=O) groups excluding carboxylic acids is 1. The molecule has 25 heavy (non-hydrogen) atoms. The maximum absolute atomic E-state index is 11.3. The van der Waals surface area contributed by atoms with Gasteiger partial charge in [0.2, 0.25) is 0 Å². The minimum Gasteiger partial charge on any atom is -0.507 e. The normalized spacial score (nSPS) is 15.6. The molecular formula is C17H10N4O2S2. The van der Waals surface area contributed by atoms with Crippen molar-refractivity contribution in [3.05, 3.63) is 58.5 Å². The number of nitriles is 1. The molecule has 1 aliphatic heterocycles. The van der Waals surface area contributed by atoms with Gasteiger partial charge < -0.3 is 10.4 Å². The summed E-state index contributed by atoms with van der Waals surface area (Å²) in [5.41, 5.74) is 2.17. The lowest BCUT2D eigenvalue weighted by molar-refractivity contribution is 0.265. The highest BCUT2D eigenvalue weighted by Crippen LogP contribution is 2.31. The van der Waals surface area contributed by atoms with Crippen molar-refractivity contribution in [2.24, 2.45) is 10.2 Å². The van der Waals surface area contributed by atoms with E-state index < -0.39 is 0 Å². The van der Waals surface area contributed by atoms with Crippen molar-refractivity contribution in [2.75, 3.05) is 0 Å². The van der Waals surface area contributed by atoms with Gasteiger partial charge >= 0.3 is 0 Å². The van der Waals surface area contributed by atoms with Crippen LogP contribution in [0.15, 0.2) is 57.6 Å². The summed E-state index contributed by atoms with van der Waals surface area (Å²) in [4.78, 5) is 12.2. The minimum absolute atomic E-state index is 0.0487. The number of amides is 1. The van der Waals surface area contributed by atoms with Crippen LogP contribution in [0, 0.1) is 11.3 Å². The zero-order valence-electron chi connectivity index (χ0n) is 12.6. The highest BCUT2D eigenvalue weighted by molar-refractivity contribution is 8.19. The Morgan fingerprint density at radius 1 is 1.16 bits per heavy atom. The van der Waals surface area contributed by atoms with Crippen molar-refractivity contribution in [2.45, 2.75) is 0 Å². The third kappa shape index (κ3) is 4.09. The molecule has 1 saturated heterocycles. The zero-order valence-corrected chi connectivity index (χ0v) is 14.3. The number of hydrogen-bond acceptors (Lipinski definition) is 7. The average molecular weight is 366 g/mol. The molecule has 0 aliphatic carbocycles. The number of phenolic OH excluding ortho intramolecular Hbond substituents is 1. The summed E-state index contributed by atoms with van der Waals surface area (Å²) in [7, 11) is 0. The summed E-state index contributed by atoms with van der Waals surface area (Å²) < 4.78 is 0. The Kier molecular flexibility index (Phi) is 4.88. The Morgan fingerprint density at radius 3 is 2.48 bits per heavy atom. The van der Waals surface area contributed by atoms with E-state index in [0.717, 1.165) is 11.8 Å². The third-order valence-corrected chi connectivity index (χ3v) is 4.50. The molecule has 0 aromatic heterocycles. The average Bonchev–Trinajstić information content (AvgIpc) is 2.93. The number of rotatable bonds is 3. The fourth-order valence-corrected chi connectivity index (χ4v) is 3.02. The minimum atomic E-state index is -0.243. The van der Waals surface area contributed by atoms with E-state index in [9.17, 15) is 9.90 Å². The van der Waals surface area contributed by atoms with Crippen LogP contribution in [0.2, 0.25) is 0 Å². The second kappa shape index (κ2) is 7.25. The zero-order chi connectivity index (χ0) is 17.8. The van der Waals surface area contributed by atoms with Gasteiger partial charge in [-0.3, -0.25) is 4.79 Å². The van der Waals surface area contributed by atoms with Crippen molar-refractivity contribution >= 4 is 51.7 Å². The molecule has 8 heteroatoms. The molecule has 122 valence electrons. The number of aromatic hydroxyl groups is 1. The summed E-state index contributed by atoms with van der Waals surface area (Å²) in [6, 6.07) is 13.5. The van der Waals surface area contributed by atoms with E-state index in [4.69, 9.17) is 17.5 Å². The predicted octanol–water partition coefficient (Wildman–Crippen LogP) is 4.80. The summed E-state index contributed by atoms with van der Waals surface area (Å²) in [6.07, 6.45) is 1.63. The van der Waals surface area contributed by atoms with E-state index >= 15 is 0 Å². The first-order valence-electron chi connectivity index (χ1n) is 7.05. The Balaban J connectivity index is 1.85. The number of nitrogens with one attached hydrogen (secondary N) is 1. The monoisotopic (exact) mass is 366 g/mol. The quantitative estimate of drug-likeness (QED) is 0.462. The number of nitrogens with zero attached hydrogens (tertiary/aromatic N) is 3. The van der Waals surface area contributed by atoms with Gasteiger partial charge in [0, 0.05) is 5.56 Å². The first kappa shape index (κ1) is 16.8. The lowest BCUT2D eigenvalue weighted by atomic mass is 10.1. The standard InChI is InChI=1S/C17H10N4O2S2/c18-9-10-1-3-12(4-2-10)20-21-13-5-6-14(22)11(7-13)8-15-16(24)19-17(23)25-15/h1-8,22H,(H,19,23,24)/b15-8-,21-20?.